The maximum atomic E-state index is 5.51. The van der Waals surface area contributed by atoms with E-state index in [1.165, 1.54) is 0 Å². The zero-order valence-corrected chi connectivity index (χ0v) is 8.69. The molecule has 1 aromatic rings. The molecule has 0 fully saturated rings. The first kappa shape index (κ1) is 11.0. The molecule has 3 heteroatoms. The van der Waals surface area contributed by atoms with Gasteiger partial charge in [-0.3, -0.25) is 0 Å². The Morgan fingerprint density at radius 1 is 1.36 bits per heavy atom. The van der Waals surface area contributed by atoms with Crippen LogP contribution in [0.15, 0.2) is 24.3 Å². The van der Waals surface area contributed by atoms with Crippen molar-refractivity contribution < 1.29 is 9.47 Å². The summed E-state index contributed by atoms with van der Waals surface area (Å²) in [6.07, 6.45) is 0.0229. The number of hydrogen-bond donors (Lipinski definition) is 1. The molecule has 78 valence electrons. The van der Waals surface area contributed by atoms with Crippen molar-refractivity contribution >= 4 is 0 Å². The third-order valence-electron chi connectivity index (χ3n) is 2.06. The molecule has 1 aromatic carbocycles. The minimum Gasteiger partial charge on any atom is -0.496 e. The lowest BCUT2D eigenvalue weighted by Gasteiger charge is -2.15. The van der Waals surface area contributed by atoms with E-state index >= 15 is 0 Å². The van der Waals surface area contributed by atoms with Gasteiger partial charge >= 0.3 is 0 Å². The Morgan fingerprint density at radius 2 is 2.07 bits per heavy atom. The Kier molecular flexibility index (Phi) is 4.43. The number of methoxy groups -OCH3 is 1. The summed E-state index contributed by atoms with van der Waals surface area (Å²) in [7, 11) is 1.66. The van der Waals surface area contributed by atoms with Gasteiger partial charge in [-0.1, -0.05) is 18.2 Å². The van der Waals surface area contributed by atoms with Crippen molar-refractivity contribution in [2.24, 2.45) is 5.73 Å². The molecular weight excluding hydrogens is 178 g/mol. The molecule has 0 bridgehead atoms. The monoisotopic (exact) mass is 195 g/mol. The largest absolute Gasteiger partial charge is 0.496 e. The van der Waals surface area contributed by atoms with Crippen LogP contribution in [0.5, 0.6) is 5.75 Å². The van der Waals surface area contributed by atoms with Crippen LogP contribution in [0.4, 0.5) is 0 Å². The summed E-state index contributed by atoms with van der Waals surface area (Å²) in [6, 6.07) is 7.84. The molecule has 0 aromatic heterocycles. The van der Waals surface area contributed by atoms with E-state index in [9.17, 15) is 0 Å². The fourth-order valence-electron chi connectivity index (χ4n) is 1.34. The summed E-state index contributed by atoms with van der Waals surface area (Å²) in [5.74, 6) is 0.858. The van der Waals surface area contributed by atoms with Crippen LogP contribution in [-0.2, 0) is 4.74 Å². The van der Waals surface area contributed by atoms with Gasteiger partial charge in [-0.15, -0.1) is 0 Å². The fourth-order valence-corrected chi connectivity index (χ4v) is 1.34. The maximum Gasteiger partial charge on any atom is 0.124 e. The van der Waals surface area contributed by atoms with Gasteiger partial charge in [0.1, 0.15) is 5.75 Å². The molecule has 1 atom stereocenters. The molecule has 3 nitrogen and oxygen atoms in total. The predicted molar refractivity (Wildman–Crippen MR) is 56.4 cm³/mol. The molecule has 0 amide bonds. The number of benzene rings is 1. The standard InChI is InChI=1S/C11H17NO2/c1-9(14-8-7-12)10-5-3-4-6-11(10)13-2/h3-6,9H,7-8,12H2,1-2H3. The topological polar surface area (TPSA) is 44.5 Å². The first-order valence-electron chi connectivity index (χ1n) is 4.74. The molecule has 0 aliphatic carbocycles. The van der Waals surface area contributed by atoms with Crippen molar-refractivity contribution in [3.63, 3.8) is 0 Å². The van der Waals surface area contributed by atoms with E-state index in [0.29, 0.717) is 13.2 Å². The quantitative estimate of drug-likeness (QED) is 0.778. The van der Waals surface area contributed by atoms with E-state index in [1.54, 1.807) is 7.11 Å². The molecule has 1 rings (SSSR count). The molecule has 0 saturated heterocycles. The molecule has 0 radical (unpaired) electrons. The van der Waals surface area contributed by atoms with Gasteiger partial charge in [0.25, 0.3) is 0 Å². The second kappa shape index (κ2) is 5.62. The van der Waals surface area contributed by atoms with Gasteiger partial charge in [0.15, 0.2) is 0 Å². The van der Waals surface area contributed by atoms with Gasteiger partial charge in [0, 0.05) is 12.1 Å². The summed E-state index contributed by atoms with van der Waals surface area (Å²) in [6.45, 7) is 3.10. The molecule has 0 saturated carbocycles. The number of para-hydroxylation sites is 1. The summed E-state index contributed by atoms with van der Waals surface area (Å²) < 4.78 is 10.7. The molecule has 0 heterocycles. The molecule has 0 spiro atoms. The zero-order valence-electron chi connectivity index (χ0n) is 8.69. The van der Waals surface area contributed by atoms with E-state index in [0.717, 1.165) is 11.3 Å². The van der Waals surface area contributed by atoms with Crippen molar-refractivity contribution in [3.05, 3.63) is 29.8 Å². The lowest BCUT2D eigenvalue weighted by Crippen LogP contribution is -2.11. The van der Waals surface area contributed by atoms with E-state index in [-0.39, 0.29) is 6.10 Å². The highest BCUT2D eigenvalue weighted by molar-refractivity contribution is 5.34. The normalized spacial score (nSPS) is 12.5. The average molecular weight is 195 g/mol. The van der Waals surface area contributed by atoms with Gasteiger partial charge in [-0.05, 0) is 13.0 Å². The fraction of sp³-hybridized carbons (Fsp3) is 0.455. The van der Waals surface area contributed by atoms with Crippen LogP contribution < -0.4 is 10.5 Å². The van der Waals surface area contributed by atoms with Crippen molar-refractivity contribution in [3.8, 4) is 5.75 Å². The molecule has 1 unspecified atom stereocenters. The zero-order chi connectivity index (χ0) is 10.4. The van der Waals surface area contributed by atoms with Crippen molar-refractivity contribution in [1.29, 1.82) is 0 Å². The third-order valence-corrected chi connectivity index (χ3v) is 2.06. The molecular formula is C11H17NO2. The maximum absolute atomic E-state index is 5.51. The number of nitrogens with two attached hydrogens (primary N) is 1. The van der Waals surface area contributed by atoms with Crippen LogP contribution >= 0.6 is 0 Å². The predicted octanol–water partition coefficient (Wildman–Crippen LogP) is 1.73. The van der Waals surface area contributed by atoms with Crippen LogP contribution in [0.3, 0.4) is 0 Å². The molecule has 0 aliphatic rings. The Bertz CT molecular complexity index is 276. The smallest absolute Gasteiger partial charge is 0.124 e. The first-order valence-corrected chi connectivity index (χ1v) is 4.74. The summed E-state index contributed by atoms with van der Waals surface area (Å²) in [4.78, 5) is 0. The number of rotatable bonds is 5. The summed E-state index contributed by atoms with van der Waals surface area (Å²) >= 11 is 0. The van der Waals surface area contributed by atoms with Crippen LogP contribution in [0.25, 0.3) is 0 Å². The lowest BCUT2D eigenvalue weighted by molar-refractivity contribution is 0.0700. The van der Waals surface area contributed by atoms with Crippen LogP contribution in [0.1, 0.15) is 18.6 Å². The first-order chi connectivity index (χ1) is 6.79. The van der Waals surface area contributed by atoms with Gasteiger partial charge < -0.3 is 15.2 Å². The second-order valence-electron chi connectivity index (χ2n) is 3.04. The Morgan fingerprint density at radius 3 is 2.71 bits per heavy atom. The van der Waals surface area contributed by atoms with E-state index in [2.05, 4.69) is 0 Å². The molecule has 2 N–H and O–H groups in total. The van der Waals surface area contributed by atoms with E-state index in [1.807, 2.05) is 31.2 Å². The van der Waals surface area contributed by atoms with E-state index < -0.39 is 0 Å². The third kappa shape index (κ3) is 2.72. The van der Waals surface area contributed by atoms with Crippen LogP contribution in [0.2, 0.25) is 0 Å². The number of hydrogen-bond acceptors (Lipinski definition) is 3. The van der Waals surface area contributed by atoms with Crippen molar-refractivity contribution in [2.45, 2.75) is 13.0 Å². The highest BCUT2D eigenvalue weighted by atomic mass is 16.5. The Hall–Kier alpha value is -1.06. The van der Waals surface area contributed by atoms with Gasteiger partial charge in [-0.2, -0.15) is 0 Å². The lowest BCUT2D eigenvalue weighted by atomic mass is 10.1. The Labute approximate surface area is 84.8 Å². The summed E-state index contributed by atoms with van der Waals surface area (Å²) in [5.41, 5.74) is 6.43. The molecule has 14 heavy (non-hydrogen) atoms. The van der Waals surface area contributed by atoms with E-state index in [4.69, 9.17) is 15.2 Å². The van der Waals surface area contributed by atoms with Crippen molar-refractivity contribution in [2.75, 3.05) is 20.3 Å². The SMILES string of the molecule is COc1ccccc1C(C)OCCN. The minimum atomic E-state index is 0.0229. The highest BCUT2D eigenvalue weighted by Crippen LogP contribution is 2.26. The van der Waals surface area contributed by atoms with Crippen LogP contribution in [-0.4, -0.2) is 20.3 Å². The highest BCUT2D eigenvalue weighted by Gasteiger charge is 2.10. The minimum absolute atomic E-state index is 0.0229. The average Bonchev–Trinajstić information content (AvgIpc) is 2.25. The van der Waals surface area contributed by atoms with Crippen LogP contribution in [0, 0.1) is 0 Å². The van der Waals surface area contributed by atoms with Gasteiger partial charge in [0.05, 0.1) is 19.8 Å². The van der Waals surface area contributed by atoms with Gasteiger partial charge in [-0.25, -0.2) is 0 Å². The Balaban J connectivity index is 2.72. The second-order valence-corrected chi connectivity index (χ2v) is 3.04. The number of ether oxygens (including phenoxy) is 2. The summed E-state index contributed by atoms with van der Waals surface area (Å²) in [5, 5.41) is 0. The van der Waals surface area contributed by atoms with Crippen molar-refractivity contribution in [1.82, 2.24) is 0 Å². The van der Waals surface area contributed by atoms with Gasteiger partial charge in [0.2, 0.25) is 0 Å². The molecule has 0 aliphatic heterocycles.